The van der Waals surface area contributed by atoms with Crippen LogP contribution in [-0.2, 0) is 0 Å². The molecule has 0 spiro atoms. The number of aryl methyl sites for hydroxylation is 1. The van der Waals surface area contributed by atoms with Crippen LogP contribution in [0.25, 0.3) is 0 Å². The van der Waals surface area contributed by atoms with Crippen molar-refractivity contribution >= 4 is 5.97 Å². The van der Waals surface area contributed by atoms with Crippen molar-refractivity contribution in [1.29, 1.82) is 5.26 Å². The van der Waals surface area contributed by atoms with Crippen LogP contribution < -0.4 is 29.4 Å². The number of ether oxygens (including phenoxy) is 5. The lowest BCUT2D eigenvalue weighted by Crippen LogP contribution is -2.21. The van der Waals surface area contributed by atoms with Gasteiger partial charge in [-0.3, -0.25) is 0 Å². The molecule has 0 radical (unpaired) electrons. The number of nitrogens with zero attached hydrogens (tertiary/aromatic N) is 1. The Morgan fingerprint density at radius 2 is 1.74 bits per heavy atom. The molecule has 0 saturated heterocycles. The molecule has 2 heterocycles. The zero-order valence-corrected chi connectivity index (χ0v) is 19.0. The molecule has 0 saturated carbocycles. The summed E-state index contributed by atoms with van der Waals surface area (Å²) in [5, 5.41) is 9.64. The maximum absolute atomic E-state index is 12.9. The molecule has 2 N–H and O–H groups in total. The van der Waals surface area contributed by atoms with Gasteiger partial charge in [-0.2, -0.15) is 5.26 Å². The molecule has 9 nitrogen and oxygen atoms in total. The summed E-state index contributed by atoms with van der Waals surface area (Å²) in [5.74, 6) is 1.61. The molecule has 1 aliphatic heterocycles. The zero-order valence-electron chi connectivity index (χ0n) is 19.0. The number of benzene rings is 2. The second-order valence-electron chi connectivity index (χ2n) is 7.38. The third-order valence-corrected chi connectivity index (χ3v) is 5.35. The van der Waals surface area contributed by atoms with Crippen molar-refractivity contribution in [2.75, 3.05) is 21.3 Å². The van der Waals surface area contributed by atoms with Crippen molar-refractivity contribution in [2.45, 2.75) is 12.8 Å². The summed E-state index contributed by atoms with van der Waals surface area (Å²) >= 11 is 0. The molecule has 1 aromatic heterocycles. The van der Waals surface area contributed by atoms with Crippen LogP contribution in [0.5, 0.6) is 28.7 Å². The van der Waals surface area contributed by atoms with Crippen LogP contribution in [0.15, 0.2) is 58.3 Å². The minimum absolute atomic E-state index is 0.0397. The molecular weight excluding hydrogens is 440 g/mol. The molecule has 0 aliphatic carbocycles. The highest BCUT2D eigenvalue weighted by Crippen LogP contribution is 2.44. The van der Waals surface area contributed by atoms with Gasteiger partial charge >= 0.3 is 5.97 Å². The first-order valence-electron chi connectivity index (χ1n) is 10.2. The Morgan fingerprint density at radius 1 is 1.03 bits per heavy atom. The van der Waals surface area contributed by atoms with Gasteiger partial charge < -0.3 is 33.8 Å². The average Bonchev–Trinajstić information content (AvgIpc) is 3.27. The van der Waals surface area contributed by atoms with Gasteiger partial charge in [-0.25, -0.2) is 4.79 Å². The topological polar surface area (TPSA) is 126 Å². The van der Waals surface area contributed by atoms with Crippen molar-refractivity contribution in [3.05, 3.63) is 76.6 Å². The van der Waals surface area contributed by atoms with E-state index in [2.05, 4.69) is 6.07 Å². The van der Waals surface area contributed by atoms with E-state index in [0.29, 0.717) is 40.1 Å². The van der Waals surface area contributed by atoms with E-state index in [1.165, 1.54) is 39.5 Å². The molecule has 4 rings (SSSR count). The number of rotatable bonds is 6. The number of fused-ring (bicyclic) bond motifs is 1. The number of nitriles is 1. The number of esters is 1. The van der Waals surface area contributed by atoms with E-state index >= 15 is 0 Å². The van der Waals surface area contributed by atoms with Gasteiger partial charge in [-0.15, -0.1) is 0 Å². The van der Waals surface area contributed by atoms with Crippen molar-refractivity contribution in [2.24, 2.45) is 5.73 Å². The number of carbonyl (C=O) groups is 1. The summed E-state index contributed by atoms with van der Waals surface area (Å²) in [6.07, 6.45) is 0. The number of carbonyl (C=O) groups excluding carboxylic acids is 1. The Balaban J connectivity index is 1.67. The lowest BCUT2D eigenvalue weighted by molar-refractivity contribution is 0.0733. The van der Waals surface area contributed by atoms with Crippen molar-refractivity contribution in [1.82, 2.24) is 0 Å². The highest BCUT2D eigenvalue weighted by atomic mass is 16.5. The van der Waals surface area contributed by atoms with E-state index in [1.54, 1.807) is 18.2 Å². The van der Waals surface area contributed by atoms with Crippen LogP contribution in [0.1, 0.15) is 33.4 Å². The van der Waals surface area contributed by atoms with Crippen molar-refractivity contribution in [3.63, 3.8) is 0 Å². The summed E-state index contributed by atoms with van der Waals surface area (Å²) in [4.78, 5) is 12.9. The van der Waals surface area contributed by atoms with Crippen LogP contribution in [0.3, 0.4) is 0 Å². The average molecular weight is 462 g/mol. The van der Waals surface area contributed by atoms with Crippen LogP contribution in [0.2, 0.25) is 0 Å². The molecule has 174 valence electrons. The highest BCUT2D eigenvalue weighted by Gasteiger charge is 2.33. The minimum Gasteiger partial charge on any atom is -0.493 e. The van der Waals surface area contributed by atoms with E-state index in [4.69, 9.17) is 33.8 Å². The smallest absolute Gasteiger partial charge is 0.343 e. The summed E-state index contributed by atoms with van der Waals surface area (Å²) in [6.45, 7) is 1.81. The van der Waals surface area contributed by atoms with Crippen LogP contribution in [-0.4, -0.2) is 27.3 Å². The van der Waals surface area contributed by atoms with Gasteiger partial charge in [-0.05, 0) is 37.3 Å². The van der Waals surface area contributed by atoms with Gasteiger partial charge in [0.2, 0.25) is 11.6 Å². The van der Waals surface area contributed by atoms with Gasteiger partial charge in [0.25, 0.3) is 0 Å². The maximum Gasteiger partial charge on any atom is 0.343 e. The third-order valence-electron chi connectivity index (χ3n) is 5.35. The Bertz CT molecular complexity index is 1310. The first-order valence-corrected chi connectivity index (χ1v) is 10.2. The van der Waals surface area contributed by atoms with Crippen molar-refractivity contribution in [3.8, 4) is 34.8 Å². The lowest BCUT2D eigenvalue weighted by atomic mass is 9.87. The number of nitrogens with two attached hydrogens (primary N) is 1. The number of furan rings is 1. The minimum atomic E-state index is -0.644. The standard InChI is InChI=1S/C25H22N2O7/c1-13-5-8-18(32-13)22-16-7-6-15(11-19(16)34-24(27)17(22)12-26)33-25(28)14-9-20(29-2)23(31-4)21(10-14)30-3/h5-11,22H,27H2,1-4H3. The van der Waals surface area contributed by atoms with Crippen molar-refractivity contribution < 1.29 is 32.9 Å². The predicted octanol–water partition coefficient (Wildman–Crippen LogP) is 4.05. The molecule has 3 aromatic rings. The summed E-state index contributed by atoms with van der Waals surface area (Å²) in [5.41, 5.74) is 7.12. The van der Waals surface area contributed by atoms with Gasteiger partial charge in [0, 0.05) is 11.6 Å². The van der Waals surface area contributed by atoms with E-state index in [9.17, 15) is 10.1 Å². The van der Waals surface area contributed by atoms with E-state index in [-0.39, 0.29) is 22.8 Å². The summed E-state index contributed by atoms with van der Waals surface area (Å²) < 4.78 is 32.9. The zero-order chi connectivity index (χ0) is 24.4. The number of methoxy groups -OCH3 is 3. The molecular formula is C25H22N2O7. The maximum atomic E-state index is 12.9. The molecule has 1 aliphatic rings. The number of hydrogen-bond acceptors (Lipinski definition) is 9. The lowest BCUT2D eigenvalue weighted by Gasteiger charge is -2.25. The molecule has 34 heavy (non-hydrogen) atoms. The molecule has 0 fully saturated rings. The summed E-state index contributed by atoms with van der Waals surface area (Å²) in [7, 11) is 4.38. The second kappa shape index (κ2) is 9.11. The largest absolute Gasteiger partial charge is 0.493 e. The number of allylic oxidation sites excluding steroid dienone is 1. The number of hydrogen-bond donors (Lipinski definition) is 1. The first-order chi connectivity index (χ1) is 16.4. The Hall–Kier alpha value is -4.58. The van der Waals surface area contributed by atoms with Gasteiger partial charge in [0.15, 0.2) is 11.5 Å². The fourth-order valence-corrected chi connectivity index (χ4v) is 3.76. The normalized spacial score (nSPS) is 14.5. The third kappa shape index (κ3) is 3.97. The second-order valence-corrected chi connectivity index (χ2v) is 7.38. The Morgan fingerprint density at radius 3 is 2.29 bits per heavy atom. The monoisotopic (exact) mass is 462 g/mol. The molecule has 9 heteroatoms. The SMILES string of the molecule is COc1cc(C(=O)Oc2ccc3c(c2)OC(N)=C(C#N)C3c2ccc(C)o2)cc(OC)c1OC. The predicted molar refractivity (Wildman–Crippen MR) is 120 cm³/mol. The van der Waals surface area contributed by atoms with Gasteiger partial charge in [0.1, 0.15) is 34.7 Å². The van der Waals surface area contributed by atoms with Crippen LogP contribution in [0, 0.1) is 18.3 Å². The summed E-state index contributed by atoms with van der Waals surface area (Å²) in [6, 6.07) is 13.5. The Kier molecular flexibility index (Phi) is 6.06. The van der Waals surface area contributed by atoms with E-state index < -0.39 is 11.9 Å². The molecule has 2 aromatic carbocycles. The van der Waals surface area contributed by atoms with Gasteiger partial charge in [0.05, 0.1) is 32.8 Å². The van der Waals surface area contributed by atoms with Crippen LogP contribution >= 0.6 is 0 Å². The quantitative estimate of drug-likeness (QED) is 0.426. The molecule has 1 unspecified atom stereocenters. The first kappa shape index (κ1) is 22.6. The Labute approximate surface area is 195 Å². The van der Waals surface area contributed by atoms with Crippen LogP contribution in [0.4, 0.5) is 0 Å². The fourth-order valence-electron chi connectivity index (χ4n) is 3.76. The van der Waals surface area contributed by atoms with E-state index in [1.807, 2.05) is 13.0 Å². The van der Waals surface area contributed by atoms with Gasteiger partial charge in [-0.1, -0.05) is 6.07 Å². The molecule has 0 amide bonds. The van der Waals surface area contributed by atoms with E-state index in [0.717, 1.165) is 0 Å². The highest BCUT2D eigenvalue weighted by molar-refractivity contribution is 5.92. The molecule has 0 bridgehead atoms. The molecule has 1 atom stereocenters. The fraction of sp³-hybridized carbons (Fsp3) is 0.200.